The van der Waals surface area contributed by atoms with Crippen LogP contribution in [0.1, 0.15) is 5.56 Å². The molecule has 2 rings (SSSR count). The Labute approximate surface area is 88.3 Å². The van der Waals surface area contributed by atoms with Crippen molar-refractivity contribution in [1.29, 1.82) is 0 Å². The van der Waals surface area contributed by atoms with Gasteiger partial charge in [-0.2, -0.15) is 0 Å². The van der Waals surface area contributed by atoms with E-state index in [1.807, 2.05) is 6.07 Å². The van der Waals surface area contributed by atoms with Gasteiger partial charge < -0.3 is 9.90 Å². The molecule has 0 atom stereocenters. The van der Waals surface area contributed by atoms with E-state index in [2.05, 4.69) is 20.9 Å². The van der Waals surface area contributed by atoms with Crippen LogP contribution in [0.25, 0.3) is 11.0 Å². The first-order chi connectivity index (χ1) is 6.74. The summed E-state index contributed by atoms with van der Waals surface area (Å²) in [5.41, 5.74) is 2.21. The van der Waals surface area contributed by atoms with Crippen LogP contribution in [-0.2, 0) is 5.33 Å². The van der Waals surface area contributed by atoms with Crippen LogP contribution in [0, 0.1) is 0 Å². The first-order valence-electron chi connectivity index (χ1n) is 3.96. The van der Waals surface area contributed by atoms with E-state index >= 15 is 0 Å². The van der Waals surface area contributed by atoms with Gasteiger partial charge in [0.15, 0.2) is 0 Å². The fourth-order valence-corrected chi connectivity index (χ4v) is 1.80. The van der Waals surface area contributed by atoms with Crippen molar-refractivity contribution in [2.45, 2.75) is 5.33 Å². The van der Waals surface area contributed by atoms with Gasteiger partial charge in [0, 0.05) is 5.33 Å². The van der Waals surface area contributed by atoms with E-state index in [1.54, 1.807) is 12.1 Å². The second-order valence-electron chi connectivity index (χ2n) is 2.80. The van der Waals surface area contributed by atoms with Gasteiger partial charge in [0.25, 0.3) is 0 Å². The lowest BCUT2D eigenvalue weighted by Gasteiger charge is -2.03. The molecule has 0 fully saturated rings. The number of carbonyl (C=O) groups is 1. The van der Waals surface area contributed by atoms with Crippen molar-refractivity contribution in [2.75, 3.05) is 0 Å². The fraction of sp³-hybridized carbons (Fsp3) is 0.111. The highest BCUT2D eigenvalue weighted by molar-refractivity contribution is 9.08. The predicted molar refractivity (Wildman–Crippen MR) is 53.2 cm³/mol. The summed E-state index contributed by atoms with van der Waals surface area (Å²) in [6.45, 7) is 0. The normalized spacial score (nSPS) is 10.6. The molecule has 4 nitrogen and oxygen atoms in total. The average Bonchev–Trinajstić information content (AvgIpc) is 2.60. The van der Waals surface area contributed by atoms with Crippen molar-refractivity contribution < 1.29 is 9.90 Å². The molecule has 0 radical (unpaired) electrons. The molecule has 0 spiro atoms. The van der Waals surface area contributed by atoms with E-state index < -0.39 is 6.09 Å². The second-order valence-corrected chi connectivity index (χ2v) is 3.36. The average molecular weight is 254 g/mol. The first kappa shape index (κ1) is 9.21. The lowest BCUT2D eigenvalue weighted by Crippen LogP contribution is -2.27. The van der Waals surface area contributed by atoms with Crippen molar-refractivity contribution in [2.24, 2.45) is 0 Å². The van der Waals surface area contributed by atoms with Gasteiger partial charge in [-0.15, -0.1) is 0 Å². The molecule has 0 saturated heterocycles. The number of alkyl halides is 1. The standard InChI is InChI=1S/C9H7BrN2O2/c10-4-6-2-1-3-7-8(6)11-5-12(7)9(13)14/h1-3,5H,4H2,(H,13,14)/p-1. The molecule has 1 aromatic heterocycles. The van der Waals surface area contributed by atoms with Gasteiger partial charge >= 0.3 is 0 Å². The molecule has 0 aliphatic carbocycles. The van der Waals surface area contributed by atoms with Crippen LogP contribution >= 0.6 is 15.9 Å². The van der Waals surface area contributed by atoms with E-state index in [0.29, 0.717) is 16.4 Å². The summed E-state index contributed by atoms with van der Waals surface area (Å²) < 4.78 is 1.00. The molecule has 0 N–H and O–H groups in total. The SMILES string of the molecule is O=C([O-])n1cnc2c(CBr)cccc21. The maximum atomic E-state index is 10.7. The maximum Gasteiger partial charge on any atom is 0.147 e. The number of halogens is 1. The summed E-state index contributed by atoms with van der Waals surface area (Å²) in [5.74, 6) is 0. The van der Waals surface area contributed by atoms with Crippen LogP contribution in [0.2, 0.25) is 0 Å². The molecule has 72 valence electrons. The molecule has 1 aromatic carbocycles. The highest BCUT2D eigenvalue weighted by Gasteiger charge is 2.05. The molecule has 1 heterocycles. The number of fused-ring (bicyclic) bond motifs is 1. The second kappa shape index (κ2) is 3.42. The number of imidazole rings is 1. The van der Waals surface area contributed by atoms with E-state index in [9.17, 15) is 9.90 Å². The minimum Gasteiger partial charge on any atom is -0.529 e. The van der Waals surface area contributed by atoms with Gasteiger partial charge in [-0.3, -0.25) is 4.57 Å². The number of rotatable bonds is 1. The molecule has 14 heavy (non-hydrogen) atoms. The van der Waals surface area contributed by atoms with E-state index in [4.69, 9.17) is 0 Å². The Kier molecular flexibility index (Phi) is 2.25. The van der Waals surface area contributed by atoms with E-state index in [-0.39, 0.29) is 0 Å². The third kappa shape index (κ3) is 1.29. The number of hydrogen-bond acceptors (Lipinski definition) is 3. The number of para-hydroxylation sites is 1. The Hall–Kier alpha value is -1.36. The van der Waals surface area contributed by atoms with Crippen molar-refractivity contribution in [3.8, 4) is 0 Å². The molecule has 5 heteroatoms. The van der Waals surface area contributed by atoms with E-state index in [1.165, 1.54) is 6.33 Å². The van der Waals surface area contributed by atoms with Gasteiger partial charge in [0.05, 0.1) is 11.0 Å². The third-order valence-electron chi connectivity index (χ3n) is 2.00. The Morgan fingerprint density at radius 2 is 2.36 bits per heavy atom. The Morgan fingerprint density at radius 1 is 1.57 bits per heavy atom. The molecule has 0 bridgehead atoms. The highest BCUT2D eigenvalue weighted by atomic mass is 79.9. The molecule has 0 aliphatic heterocycles. The van der Waals surface area contributed by atoms with Crippen molar-refractivity contribution in [3.63, 3.8) is 0 Å². The van der Waals surface area contributed by atoms with Gasteiger partial charge in [-0.25, -0.2) is 4.98 Å². The summed E-state index contributed by atoms with van der Waals surface area (Å²) >= 11 is 3.31. The van der Waals surface area contributed by atoms with Crippen LogP contribution < -0.4 is 5.11 Å². The number of nitrogens with zero attached hydrogens (tertiary/aromatic N) is 2. The van der Waals surface area contributed by atoms with Gasteiger partial charge in [-0.05, 0) is 11.6 Å². The Bertz CT molecular complexity index is 493. The molecule has 0 saturated carbocycles. The quantitative estimate of drug-likeness (QED) is 0.716. The van der Waals surface area contributed by atoms with Crippen molar-refractivity contribution in [3.05, 3.63) is 30.1 Å². The molecule has 0 unspecified atom stereocenters. The topological polar surface area (TPSA) is 57.9 Å². The highest BCUT2D eigenvalue weighted by Crippen LogP contribution is 2.18. The van der Waals surface area contributed by atoms with Crippen LogP contribution in [0.15, 0.2) is 24.5 Å². The van der Waals surface area contributed by atoms with Crippen LogP contribution in [0.5, 0.6) is 0 Å². The number of carbonyl (C=O) groups excluding carboxylic acids is 1. The molecular weight excluding hydrogens is 248 g/mol. The van der Waals surface area contributed by atoms with Gasteiger partial charge in [-0.1, -0.05) is 28.1 Å². The third-order valence-corrected chi connectivity index (χ3v) is 2.60. The molecule has 0 amide bonds. The summed E-state index contributed by atoms with van der Waals surface area (Å²) in [6, 6.07) is 5.38. The monoisotopic (exact) mass is 253 g/mol. The smallest absolute Gasteiger partial charge is 0.147 e. The maximum absolute atomic E-state index is 10.7. The lowest BCUT2D eigenvalue weighted by atomic mass is 10.2. The molecule has 0 aliphatic rings. The lowest BCUT2D eigenvalue weighted by molar-refractivity contribution is -0.249. The number of hydrogen-bond donors (Lipinski definition) is 0. The minimum absolute atomic E-state index is 0.557. The summed E-state index contributed by atoms with van der Waals surface area (Å²) in [4.78, 5) is 14.7. The molecular formula is C9H6BrN2O2-. The number of benzene rings is 1. The summed E-state index contributed by atoms with van der Waals surface area (Å²) in [7, 11) is 0. The van der Waals surface area contributed by atoms with Gasteiger partial charge in [0.1, 0.15) is 12.4 Å². The number of aromatic nitrogens is 2. The summed E-state index contributed by atoms with van der Waals surface area (Å²) in [6.07, 6.45) is -0.00850. The predicted octanol–water partition coefficient (Wildman–Crippen LogP) is 1.12. The Balaban J connectivity index is 2.75. The minimum atomic E-state index is -1.26. The number of carboxylic acid groups (broad SMARTS) is 1. The van der Waals surface area contributed by atoms with Gasteiger partial charge in [0.2, 0.25) is 0 Å². The van der Waals surface area contributed by atoms with Crippen LogP contribution in [0.3, 0.4) is 0 Å². The zero-order valence-electron chi connectivity index (χ0n) is 7.11. The first-order valence-corrected chi connectivity index (χ1v) is 5.08. The van der Waals surface area contributed by atoms with Crippen LogP contribution in [-0.4, -0.2) is 15.6 Å². The van der Waals surface area contributed by atoms with Crippen LogP contribution in [0.4, 0.5) is 4.79 Å². The zero-order chi connectivity index (χ0) is 10.1. The van der Waals surface area contributed by atoms with Crippen molar-refractivity contribution >= 4 is 33.1 Å². The molecule has 2 aromatic rings. The fourth-order valence-electron chi connectivity index (χ4n) is 1.35. The largest absolute Gasteiger partial charge is 0.529 e. The summed E-state index contributed by atoms with van der Waals surface area (Å²) in [5, 5.41) is 11.3. The van der Waals surface area contributed by atoms with Crippen molar-refractivity contribution in [1.82, 2.24) is 9.55 Å². The van der Waals surface area contributed by atoms with E-state index in [0.717, 1.165) is 10.1 Å². The zero-order valence-corrected chi connectivity index (χ0v) is 8.69. The Morgan fingerprint density at radius 3 is 3.00 bits per heavy atom.